The molecule has 1 aliphatic carbocycles. The summed E-state index contributed by atoms with van der Waals surface area (Å²) < 4.78 is 5.50. The zero-order chi connectivity index (χ0) is 16.1. The fourth-order valence-electron chi connectivity index (χ4n) is 3.41. The van der Waals surface area contributed by atoms with E-state index in [0.717, 1.165) is 31.5 Å². The van der Waals surface area contributed by atoms with Crippen molar-refractivity contribution < 1.29 is 14.6 Å². The Kier molecular flexibility index (Phi) is 5.18. The summed E-state index contributed by atoms with van der Waals surface area (Å²) in [5.74, 6) is 1.94. The quantitative estimate of drug-likeness (QED) is 0.818. The Morgan fingerprint density at radius 1 is 1.22 bits per heavy atom. The Balaban J connectivity index is 1.53. The van der Waals surface area contributed by atoms with E-state index in [9.17, 15) is 4.79 Å². The number of amides is 2. The molecular weight excluding hydrogens is 292 g/mol. The van der Waals surface area contributed by atoms with Crippen molar-refractivity contribution >= 4 is 6.03 Å². The third-order valence-electron chi connectivity index (χ3n) is 4.66. The first-order valence-corrected chi connectivity index (χ1v) is 8.27. The summed E-state index contributed by atoms with van der Waals surface area (Å²) in [6.07, 6.45) is 6.65. The van der Waals surface area contributed by atoms with Crippen LogP contribution in [-0.2, 0) is 6.54 Å². The van der Waals surface area contributed by atoms with Gasteiger partial charge in [-0.2, -0.15) is 0 Å². The molecule has 1 aliphatic heterocycles. The molecule has 1 aromatic carbocycles. The minimum absolute atomic E-state index is 0.00337. The number of rotatable bonds is 5. The van der Waals surface area contributed by atoms with Crippen LogP contribution in [0, 0.1) is 11.8 Å². The number of hydrogen-bond donors (Lipinski definition) is 2. The summed E-state index contributed by atoms with van der Waals surface area (Å²) in [6.45, 7) is 2.37. The SMILES string of the molecule is O=C(NCc1ccccc1OCCO)N1CC2CC=CCC2C1. The summed E-state index contributed by atoms with van der Waals surface area (Å²) >= 11 is 0. The number of aliphatic hydroxyl groups is 1. The van der Waals surface area contributed by atoms with Crippen molar-refractivity contribution in [2.75, 3.05) is 26.3 Å². The zero-order valence-corrected chi connectivity index (χ0v) is 13.3. The van der Waals surface area contributed by atoms with Crippen molar-refractivity contribution in [2.45, 2.75) is 19.4 Å². The summed E-state index contributed by atoms with van der Waals surface area (Å²) in [7, 11) is 0. The highest BCUT2D eigenvalue weighted by atomic mass is 16.5. The van der Waals surface area contributed by atoms with Crippen molar-refractivity contribution in [1.29, 1.82) is 0 Å². The third kappa shape index (κ3) is 3.85. The predicted molar refractivity (Wildman–Crippen MR) is 88.2 cm³/mol. The highest BCUT2D eigenvalue weighted by molar-refractivity contribution is 5.74. The molecular formula is C18H24N2O3. The first-order valence-electron chi connectivity index (χ1n) is 8.27. The fourth-order valence-corrected chi connectivity index (χ4v) is 3.41. The minimum Gasteiger partial charge on any atom is -0.491 e. The predicted octanol–water partition coefficient (Wildman–Crippen LogP) is 2.17. The van der Waals surface area contributed by atoms with Crippen LogP contribution in [0.15, 0.2) is 36.4 Å². The molecule has 0 bridgehead atoms. The number of carbonyl (C=O) groups excluding carboxylic acids is 1. The van der Waals surface area contributed by atoms with Gasteiger partial charge in [-0.05, 0) is 30.7 Å². The number of hydrogen-bond acceptors (Lipinski definition) is 3. The number of aliphatic hydroxyl groups excluding tert-OH is 1. The summed E-state index contributed by atoms with van der Waals surface area (Å²) in [5.41, 5.74) is 0.924. The van der Waals surface area contributed by atoms with E-state index in [0.29, 0.717) is 24.1 Å². The number of nitrogens with zero attached hydrogens (tertiary/aromatic N) is 1. The minimum atomic E-state index is -0.0225. The van der Waals surface area contributed by atoms with E-state index in [1.54, 1.807) is 0 Å². The van der Waals surface area contributed by atoms with Crippen molar-refractivity contribution in [1.82, 2.24) is 10.2 Å². The van der Waals surface area contributed by atoms with Crippen LogP contribution in [0.25, 0.3) is 0 Å². The van der Waals surface area contributed by atoms with E-state index in [1.807, 2.05) is 29.2 Å². The average Bonchev–Trinajstić information content (AvgIpc) is 3.02. The Labute approximate surface area is 136 Å². The summed E-state index contributed by atoms with van der Waals surface area (Å²) in [4.78, 5) is 14.3. The number of urea groups is 1. The highest BCUT2D eigenvalue weighted by Crippen LogP contribution is 2.32. The first kappa shape index (κ1) is 15.9. The standard InChI is InChI=1S/C18H24N2O3/c21-9-10-23-17-8-4-3-5-14(17)11-19-18(22)20-12-15-6-1-2-7-16(15)13-20/h1-5,8,15-16,21H,6-7,9-13H2,(H,19,22). The normalized spacial score (nSPS) is 22.7. The highest BCUT2D eigenvalue weighted by Gasteiger charge is 2.34. The number of likely N-dealkylation sites (tertiary alicyclic amines) is 1. The second-order valence-corrected chi connectivity index (χ2v) is 6.21. The van der Waals surface area contributed by atoms with Crippen LogP contribution in [0.4, 0.5) is 4.79 Å². The van der Waals surface area contributed by atoms with E-state index in [1.165, 1.54) is 0 Å². The van der Waals surface area contributed by atoms with Gasteiger partial charge in [0.2, 0.25) is 0 Å². The fraction of sp³-hybridized carbons (Fsp3) is 0.500. The Bertz CT molecular complexity index is 557. The molecule has 2 aliphatic rings. The van der Waals surface area contributed by atoms with Gasteiger partial charge >= 0.3 is 6.03 Å². The molecule has 124 valence electrons. The Morgan fingerprint density at radius 2 is 1.91 bits per heavy atom. The molecule has 2 unspecified atom stereocenters. The molecule has 3 rings (SSSR count). The molecule has 1 heterocycles. The van der Waals surface area contributed by atoms with E-state index in [4.69, 9.17) is 9.84 Å². The first-order chi connectivity index (χ1) is 11.3. The van der Waals surface area contributed by atoms with Crippen LogP contribution in [0.2, 0.25) is 0 Å². The molecule has 0 radical (unpaired) electrons. The molecule has 23 heavy (non-hydrogen) atoms. The van der Waals surface area contributed by atoms with Gasteiger partial charge in [-0.15, -0.1) is 0 Å². The van der Waals surface area contributed by atoms with Gasteiger partial charge < -0.3 is 20.1 Å². The number of carbonyl (C=O) groups is 1. The topological polar surface area (TPSA) is 61.8 Å². The lowest BCUT2D eigenvalue weighted by Crippen LogP contribution is -2.38. The zero-order valence-electron chi connectivity index (χ0n) is 13.3. The summed E-state index contributed by atoms with van der Waals surface area (Å²) in [5, 5.41) is 11.9. The maximum atomic E-state index is 12.4. The number of benzene rings is 1. The lowest BCUT2D eigenvalue weighted by molar-refractivity contribution is 0.198. The monoisotopic (exact) mass is 316 g/mol. The third-order valence-corrected chi connectivity index (χ3v) is 4.66. The van der Waals surface area contributed by atoms with E-state index < -0.39 is 0 Å². The maximum Gasteiger partial charge on any atom is 0.317 e. The Hall–Kier alpha value is -2.01. The van der Waals surface area contributed by atoms with Crippen molar-refractivity contribution in [2.24, 2.45) is 11.8 Å². The lowest BCUT2D eigenvalue weighted by atomic mass is 9.86. The van der Waals surface area contributed by atoms with Gasteiger partial charge in [0.15, 0.2) is 0 Å². The van der Waals surface area contributed by atoms with Crippen LogP contribution >= 0.6 is 0 Å². The molecule has 1 aromatic rings. The van der Waals surface area contributed by atoms with E-state index in [2.05, 4.69) is 17.5 Å². The number of fused-ring (bicyclic) bond motifs is 1. The van der Waals surface area contributed by atoms with Crippen LogP contribution in [-0.4, -0.2) is 42.3 Å². The van der Waals surface area contributed by atoms with Gasteiger partial charge in [0.05, 0.1) is 6.61 Å². The number of ether oxygens (including phenoxy) is 1. The molecule has 0 aromatic heterocycles. The largest absolute Gasteiger partial charge is 0.491 e. The lowest BCUT2D eigenvalue weighted by Gasteiger charge is -2.18. The van der Waals surface area contributed by atoms with Crippen molar-refractivity contribution in [3.63, 3.8) is 0 Å². The van der Waals surface area contributed by atoms with Crippen LogP contribution in [0.1, 0.15) is 18.4 Å². The second kappa shape index (κ2) is 7.51. The molecule has 1 fully saturated rings. The summed E-state index contributed by atoms with van der Waals surface area (Å²) in [6, 6.07) is 7.59. The smallest absolute Gasteiger partial charge is 0.317 e. The molecule has 5 heteroatoms. The molecule has 2 amide bonds. The van der Waals surface area contributed by atoms with E-state index >= 15 is 0 Å². The molecule has 5 nitrogen and oxygen atoms in total. The molecule has 1 saturated heterocycles. The van der Waals surface area contributed by atoms with Crippen LogP contribution in [0.5, 0.6) is 5.75 Å². The second-order valence-electron chi connectivity index (χ2n) is 6.21. The van der Waals surface area contributed by atoms with Gasteiger partial charge in [-0.3, -0.25) is 0 Å². The molecule has 0 spiro atoms. The number of para-hydroxylation sites is 1. The van der Waals surface area contributed by atoms with E-state index in [-0.39, 0.29) is 19.2 Å². The van der Waals surface area contributed by atoms with Gasteiger partial charge in [0, 0.05) is 25.2 Å². The van der Waals surface area contributed by atoms with Crippen molar-refractivity contribution in [3.05, 3.63) is 42.0 Å². The molecule has 2 atom stereocenters. The Morgan fingerprint density at radius 3 is 2.61 bits per heavy atom. The van der Waals surface area contributed by atoms with Gasteiger partial charge in [0.25, 0.3) is 0 Å². The number of allylic oxidation sites excluding steroid dienone is 2. The van der Waals surface area contributed by atoms with Gasteiger partial charge in [0.1, 0.15) is 12.4 Å². The molecule has 2 N–H and O–H groups in total. The van der Waals surface area contributed by atoms with Crippen LogP contribution in [0.3, 0.4) is 0 Å². The maximum absolute atomic E-state index is 12.4. The average molecular weight is 316 g/mol. The molecule has 0 saturated carbocycles. The van der Waals surface area contributed by atoms with Crippen LogP contribution < -0.4 is 10.1 Å². The van der Waals surface area contributed by atoms with Gasteiger partial charge in [-0.1, -0.05) is 30.4 Å². The van der Waals surface area contributed by atoms with Crippen molar-refractivity contribution in [3.8, 4) is 5.75 Å². The van der Waals surface area contributed by atoms with Gasteiger partial charge in [-0.25, -0.2) is 4.79 Å². The number of nitrogens with one attached hydrogen (secondary N) is 1.